The molecule has 2 heterocycles. The quantitative estimate of drug-likeness (QED) is 0.572. The largest absolute Gasteiger partial charge is 0.439 e. The molecule has 134 valence electrons. The number of rotatable bonds is 8. The number of thiophene rings is 1. The molecule has 3 aromatic rings. The van der Waals surface area contributed by atoms with Gasteiger partial charge in [-0.25, -0.2) is 4.98 Å². The fourth-order valence-corrected chi connectivity index (χ4v) is 3.38. The number of ether oxygens (including phenoxy) is 1. The van der Waals surface area contributed by atoms with Crippen molar-refractivity contribution in [3.63, 3.8) is 0 Å². The Morgan fingerprint density at radius 3 is 2.58 bits per heavy atom. The van der Waals surface area contributed by atoms with Gasteiger partial charge in [0.2, 0.25) is 11.8 Å². The third-order valence-electron chi connectivity index (χ3n) is 3.69. The van der Waals surface area contributed by atoms with E-state index < -0.39 is 5.91 Å². The average Bonchev–Trinajstić information content (AvgIpc) is 3.06. The predicted octanol–water partition coefficient (Wildman–Crippen LogP) is 4.02. The first-order valence-electron chi connectivity index (χ1n) is 8.08. The fraction of sp³-hybridized carbons (Fsp3) is 0.158. The van der Waals surface area contributed by atoms with E-state index in [-0.39, 0.29) is 0 Å². The predicted molar refractivity (Wildman–Crippen MR) is 104 cm³/mol. The zero-order valence-electron chi connectivity index (χ0n) is 13.9. The molecule has 0 atom stereocenters. The number of halogens is 1. The summed E-state index contributed by atoms with van der Waals surface area (Å²) in [5.41, 5.74) is 6.75. The van der Waals surface area contributed by atoms with Gasteiger partial charge in [-0.2, -0.15) is 0 Å². The van der Waals surface area contributed by atoms with Crippen LogP contribution in [0.25, 0.3) is 0 Å². The molecule has 0 saturated carbocycles. The molecule has 3 rings (SSSR count). The molecule has 0 saturated heterocycles. The highest BCUT2D eigenvalue weighted by Gasteiger charge is 2.03. The molecule has 0 fully saturated rings. The standard InChI is InChI=1S/C19H18ClN3O2S/c20-17-7-6-16(26-17)12-22-10-9-13-1-4-15(5-2-13)25-18-8-3-14(11-23-18)19(21)24/h1-8,11,22H,9-10,12H2,(H2,21,24). The van der Waals surface area contributed by atoms with E-state index in [0.29, 0.717) is 17.2 Å². The van der Waals surface area contributed by atoms with E-state index in [1.807, 2.05) is 36.4 Å². The molecule has 1 aromatic carbocycles. The molecule has 7 heteroatoms. The zero-order valence-corrected chi connectivity index (χ0v) is 15.5. The minimum Gasteiger partial charge on any atom is -0.439 e. The summed E-state index contributed by atoms with van der Waals surface area (Å²) < 4.78 is 6.48. The summed E-state index contributed by atoms with van der Waals surface area (Å²) in [7, 11) is 0. The molecule has 0 bridgehead atoms. The smallest absolute Gasteiger partial charge is 0.250 e. The Kier molecular flexibility index (Phi) is 6.22. The summed E-state index contributed by atoms with van der Waals surface area (Å²) in [6.07, 6.45) is 2.32. The van der Waals surface area contributed by atoms with Crippen LogP contribution in [0, 0.1) is 0 Å². The number of hydrogen-bond donors (Lipinski definition) is 2. The lowest BCUT2D eigenvalue weighted by Crippen LogP contribution is -2.15. The number of benzene rings is 1. The van der Waals surface area contributed by atoms with Crippen molar-refractivity contribution in [3.8, 4) is 11.6 Å². The van der Waals surface area contributed by atoms with E-state index in [0.717, 1.165) is 23.8 Å². The van der Waals surface area contributed by atoms with Crippen LogP contribution >= 0.6 is 22.9 Å². The second-order valence-corrected chi connectivity index (χ2v) is 7.43. The van der Waals surface area contributed by atoms with Crippen molar-refractivity contribution in [1.82, 2.24) is 10.3 Å². The number of carbonyl (C=O) groups excluding carboxylic acids is 1. The molecule has 0 aliphatic carbocycles. The van der Waals surface area contributed by atoms with Crippen molar-refractivity contribution >= 4 is 28.8 Å². The van der Waals surface area contributed by atoms with Crippen LogP contribution in [0.3, 0.4) is 0 Å². The van der Waals surface area contributed by atoms with Gasteiger partial charge in [-0.3, -0.25) is 4.79 Å². The van der Waals surface area contributed by atoms with Gasteiger partial charge >= 0.3 is 0 Å². The number of nitrogens with zero attached hydrogens (tertiary/aromatic N) is 1. The molecule has 0 spiro atoms. The van der Waals surface area contributed by atoms with E-state index in [2.05, 4.69) is 10.3 Å². The van der Waals surface area contributed by atoms with E-state index in [1.54, 1.807) is 23.5 Å². The van der Waals surface area contributed by atoms with E-state index >= 15 is 0 Å². The van der Waals surface area contributed by atoms with Gasteiger partial charge in [0.25, 0.3) is 0 Å². The first-order chi connectivity index (χ1) is 12.6. The number of nitrogens with one attached hydrogen (secondary N) is 1. The van der Waals surface area contributed by atoms with E-state index in [4.69, 9.17) is 22.1 Å². The van der Waals surface area contributed by atoms with E-state index in [9.17, 15) is 4.79 Å². The molecule has 0 radical (unpaired) electrons. The van der Waals surface area contributed by atoms with Crippen molar-refractivity contribution in [1.29, 1.82) is 0 Å². The Bertz CT molecular complexity index is 863. The molecular formula is C19H18ClN3O2S. The Morgan fingerprint density at radius 2 is 1.96 bits per heavy atom. The van der Waals surface area contributed by atoms with Crippen LogP contribution in [-0.2, 0) is 13.0 Å². The fourth-order valence-electron chi connectivity index (χ4n) is 2.32. The number of amides is 1. The first-order valence-corrected chi connectivity index (χ1v) is 9.27. The molecule has 5 nitrogen and oxygen atoms in total. The van der Waals surface area contributed by atoms with Crippen LogP contribution in [0.1, 0.15) is 20.8 Å². The lowest BCUT2D eigenvalue weighted by Gasteiger charge is -2.07. The van der Waals surface area contributed by atoms with Crippen LogP contribution < -0.4 is 15.8 Å². The normalized spacial score (nSPS) is 10.7. The summed E-state index contributed by atoms with van der Waals surface area (Å²) >= 11 is 7.51. The number of hydrogen-bond acceptors (Lipinski definition) is 5. The monoisotopic (exact) mass is 387 g/mol. The van der Waals surface area contributed by atoms with Gasteiger partial charge in [0, 0.05) is 23.7 Å². The maximum absolute atomic E-state index is 11.0. The Balaban J connectivity index is 1.46. The van der Waals surface area contributed by atoms with Crippen LogP contribution in [0.2, 0.25) is 4.34 Å². The number of nitrogens with two attached hydrogens (primary N) is 1. The highest BCUT2D eigenvalue weighted by Crippen LogP contribution is 2.21. The maximum atomic E-state index is 11.0. The van der Waals surface area contributed by atoms with Crippen molar-refractivity contribution in [2.75, 3.05) is 6.54 Å². The van der Waals surface area contributed by atoms with Crippen LogP contribution in [0.4, 0.5) is 0 Å². The molecule has 0 unspecified atom stereocenters. The number of primary amides is 1. The van der Waals surface area contributed by atoms with Gasteiger partial charge in [-0.1, -0.05) is 23.7 Å². The summed E-state index contributed by atoms with van der Waals surface area (Å²) in [4.78, 5) is 16.3. The highest BCUT2D eigenvalue weighted by atomic mass is 35.5. The Hall–Kier alpha value is -2.41. The van der Waals surface area contributed by atoms with Crippen LogP contribution in [0.15, 0.2) is 54.7 Å². The molecule has 2 aromatic heterocycles. The number of pyridine rings is 1. The van der Waals surface area contributed by atoms with E-state index in [1.165, 1.54) is 16.6 Å². The van der Waals surface area contributed by atoms with Gasteiger partial charge in [0.05, 0.1) is 9.90 Å². The van der Waals surface area contributed by atoms with Gasteiger partial charge in [-0.15, -0.1) is 11.3 Å². The van der Waals surface area contributed by atoms with Crippen LogP contribution in [0.5, 0.6) is 11.6 Å². The van der Waals surface area contributed by atoms with Gasteiger partial charge in [0.15, 0.2) is 0 Å². The van der Waals surface area contributed by atoms with Crippen LogP contribution in [-0.4, -0.2) is 17.4 Å². The van der Waals surface area contributed by atoms with Crippen molar-refractivity contribution in [2.45, 2.75) is 13.0 Å². The van der Waals surface area contributed by atoms with Crippen molar-refractivity contribution < 1.29 is 9.53 Å². The minimum absolute atomic E-state index is 0.352. The molecular weight excluding hydrogens is 370 g/mol. The molecule has 26 heavy (non-hydrogen) atoms. The van der Waals surface area contributed by atoms with Crippen molar-refractivity contribution in [3.05, 3.63) is 75.1 Å². The van der Waals surface area contributed by atoms with Gasteiger partial charge in [0.1, 0.15) is 5.75 Å². The number of carbonyl (C=O) groups is 1. The average molecular weight is 388 g/mol. The maximum Gasteiger partial charge on any atom is 0.250 e. The second kappa shape index (κ2) is 8.80. The molecule has 0 aliphatic rings. The van der Waals surface area contributed by atoms with Gasteiger partial charge in [-0.05, 0) is 48.9 Å². The minimum atomic E-state index is -0.510. The summed E-state index contributed by atoms with van der Waals surface area (Å²) in [5.74, 6) is 0.595. The molecule has 0 aliphatic heterocycles. The summed E-state index contributed by atoms with van der Waals surface area (Å²) in [5, 5.41) is 3.41. The SMILES string of the molecule is NC(=O)c1ccc(Oc2ccc(CCNCc3ccc(Cl)s3)cc2)nc1. The third kappa shape index (κ3) is 5.29. The zero-order chi connectivity index (χ0) is 18.4. The summed E-state index contributed by atoms with van der Waals surface area (Å²) in [6.45, 7) is 1.71. The third-order valence-corrected chi connectivity index (χ3v) is 4.92. The second-order valence-electron chi connectivity index (χ2n) is 5.63. The summed E-state index contributed by atoms with van der Waals surface area (Å²) in [6, 6.07) is 15.0. The first kappa shape index (κ1) is 18.4. The number of aromatic nitrogens is 1. The van der Waals surface area contributed by atoms with Crippen molar-refractivity contribution in [2.24, 2.45) is 5.73 Å². The Labute approximate surface area is 160 Å². The molecule has 3 N–H and O–H groups in total. The Morgan fingerprint density at radius 1 is 1.15 bits per heavy atom. The topological polar surface area (TPSA) is 77.2 Å². The lowest BCUT2D eigenvalue weighted by molar-refractivity contribution is 0.1000. The highest BCUT2D eigenvalue weighted by molar-refractivity contribution is 7.16. The molecule has 1 amide bonds. The lowest BCUT2D eigenvalue weighted by atomic mass is 10.1. The van der Waals surface area contributed by atoms with Gasteiger partial charge < -0.3 is 15.8 Å².